The third-order valence-corrected chi connectivity index (χ3v) is 4.77. The molecule has 1 atom stereocenters. The van der Waals surface area contributed by atoms with Gasteiger partial charge >= 0.3 is 0 Å². The molecule has 0 radical (unpaired) electrons. The van der Waals surface area contributed by atoms with E-state index >= 15 is 0 Å². The van der Waals surface area contributed by atoms with E-state index in [1.807, 2.05) is 0 Å². The van der Waals surface area contributed by atoms with Gasteiger partial charge in [-0.3, -0.25) is 0 Å². The van der Waals surface area contributed by atoms with Crippen LogP contribution in [0.25, 0.3) is 0 Å². The monoisotopic (exact) mass is 260 g/mol. The zero-order valence-electron chi connectivity index (χ0n) is 12.8. The van der Waals surface area contributed by atoms with Crippen LogP contribution in [0.4, 0.5) is 5.69 Å². The predicted molar refractivity (Wildman–Crippen MR) is 83.7 cm³/mol. The molecule has 1 aromatic carbocycles. The Morgan fingerprint density at radius 2 is 1.84 bits per heavy atom. The van der Waals surface area contributed by atoms with E-state index in [1.54, 1.807) is 0 Å². The summed E-state index contributed by atoms with van der Waals surface area (Å²) in [5, 5.41) is 3.82. The van der Waals surface area contributed by atoms with E-state index in [2.05, 4.69) is 68.2 Å². The molecule has 0 spiro atoms. The van der Waals surface area contributed by atoms with Crippen LogP contribution < -0.4 is 10.2 Å². The lowest BCUT2D eigenvalue weighted by atomic mass is 9.86. The highest BCUT2D eigenvalue weighted by atomic mass is 15.3. The molecule has 1 heterocycles. The maximum atomic E-state index is 3.82. The second kappa shape index (κ2) is 5.96. The van der Waals surface area contributed by atoms with Gasteiger partial charge in [0.15, 0.2) is 0 Å². The molecule has 2 heteroatoms. The van der Waals surface area contributed by atoms with Crippen molar-refractivity contribution in [3.05, 3.63) is 30.3 Å². The summed E-state index contributed by atoms with van der Waals surface area (Å²) in [6, 6.07) is 11.5. The van der Waals surface area contributed by atoms with Crippen LogP contribution >= 0.6 is 0 Å². The molecule has 1 unspecified atom stereocenters. The Morgan fingerprint density at radius 1 is 1.21 bits per heavy atom. The number of hydrogen-bond acceptors (Lipinski definition) is 2. The van der Waals surface area contributed by atoms with Crippen molar-refractivity contribution in [2.24, 2.45) is 5.92 Å². The average molecular weight is 260 g/mol. The zero-order valence-corrected chi connectivity index (χ0v) is 12.8. The van der Waals surface area contributed by atoms with Gasteiger partial charge in [0.2, 0.25) is 0 Å². The van der Waals surface area contributed by atoms with Crippen LogP contribution in [0.2, 0.25) is 0 Å². The van der Waals surface area contributed by atoms with Gasteiger partial charge in [-0.1, -0.05) is 45.9 Å². The summed E-state index contributed by atoms with van der Waals surface area (Å²) in [6.07, 6.45) is 2.38. The maximum absolute atomic E-state index is 3.82. The quantitative estimate of drug-likeness (QED) is 0.888. The molecule has 0 bridgehead atoms. The maximum Gasteiger partial charge on any atom is 0.0438 e. The van der Waals surface area contributed by atoms with E-state index in [9.17, 15) is 0 Å². The van der Waals surface area contributed by atoms with Crippen LogP contribution in [0, 0.1) is 5.92 Å². The molecule has 2 nitrogen and oxygen atoms in total. The first-order chi connectivity index (χ1) is 9.12. The summed E-state index contributed by atoms with van der Waals surface area (Å²) < 4.78 is 0. The van der Waals surface area contributed by atoms with E-state index in [4.69, 9.17) is 0 Å². The van der Waals surface area contributed by atoms with Crippen LogP contribution in [0.1, 0.15) is 40.5 Å². The molecular weight excluding hydrogens is 232 g/mol. The standard InChI is InChI=1S/C17H28N2/c1-5-17(6-2)13-19(15-10-8-7-9-11-15)16(12-18-17)14(3)4/h7-11,14,16,18H,5-6,12-13H2,1-4H3. The fourth-order valence-corrected chi connectivity index (χ4v) is 3.15. The van der Waals surface area contributed by atoms with Gasteiger partial charge in [0, 0.05) is 30.4 Å². The Balaban J connectivity index is 2.28. The van der Waals surface area contributed by atoms with Gasteiger partial charge < -0.3 is 10.2 Å². The second-order valence-corrected chi connectivity index (χ2v) is 6.14. The SMILES string of the molecule is CCC1(CC)CN(c2ccccc2)C(C(C)C)CN1. The van der Waals surface area contributed by atoms with E-state index < -0.39 is 0 Å². The first kappa shape index (κ1) is 14.4. The summed E-state index contributed by atoms with van der Waals surface area (Å²) in [6.45, 7) is 11.5. The summed E-state index contributed by atoms with van der Waals surface area (Å²) >= 11 is 0. The van der Waals surface area contributed by atoms with Crippen molar-refractivity contribution in [1.82, 2.24) is 5.32 Å². The van der Waals surface area contributed by atoms with E-state index in [-0.39, 0.29) is 5.54 Å². The third-order valence-electron chi connectivity index (χ3n) is 4.77. The van der Waals surface area contributed by atoms with Crippen LogP contribution in [-0.4, -0.2) is 24.7 Å². The molecule has 0 saturated carbocycles. The minimum atomic E-state index is 0.279. The second-order valence-electron chi connectivity index (χ2n) is 6.14. The molecule has 1 aromatic rings. The number of anilines is 1. The lowest BCUT2D eigenvalue weighted by Crippen LogP contribution is -2.65. The molecule has 1 fully saturated rings. The van der Waals surface area contributed by atoms with Gasteiger partial charge in [0.25, 0.3) is 0 Å². The highest BCUT2D eigenvalue weighted by Crippen LogP contribution is 2.29. The summed E-state index contributed by atoms with van der Waals surface area (Å²) in [7, 11) is 0. The molecule has 0 aliphatic carbocycles. The number of piperazine rings is 1. The number of para-hydroxylation sites is 1. The van der Waals surface area contributed by atoms with E-state index in [0.717, 1.165) is 13.1 Å². The van der Waals surface area contributed by atoms with Crippen LogP contribution in [0.3, 0.4) is 0 Å². The van der Waals surface area contributed by atoms with Crippen LogP contribution in [0.15, 0.2) is 30.3 Å². The Labute approximate surface area is 118 Å². The molecule has 1 aliphatic heterocycles. The molecule has 0 aromatic heterocycles. The fourth-order valence-electron chi connectivity index (χ4n) is 3.15. The van der Waals surface area contributed by atoms with Crippen molar-refractivity contribution in [3.8, 4) is 0 Å². The van der Waals surface area contributed by atoms with Crippen LogP contribution in [0.5, 0.6) is 0 Å². The lowest BCUT2D eigenvalue weighted by Gasteiger charge is -2.50. The number of hydrogen-bond donors (Lipinski definition) is 1. The molecular formula is C17H28N2. The number of rotatable bonds is 4. The Hall–Kier alpha value is -1.02. The summed E-state index contributed by atoms with van der Waals surface area (Å²) in [4.78, 5) is 2.62. The minimum Gasteiger partial charge on any atom is -0.365 e. The Kier molecular flexibility index (Phi) is 4.51. The highest BCUT2D eigenvalue weighted by Gasteiger charge is 2.37. The first-order valence-corrected chi connectivity index (χ1v) is 7.68. The molecule has 1 saturated heterocycles. The van der Waals surface area contributed by atoms with E-state index in [1.165, 1.54) is 18.5 Å². The normalized spacial score (nSPS) is 22.8. The highest BCUT2D eigenvalue weighted by molar-refractivity contribution is 5.48. The van der Waals surface area contributed by atoms with Gasteiger partial charge in [-0.2, -0.15) is 0 Å². The molecule has 2 rings (SSSR count). The minimum absolute atomic E-state index is 0.279. The van der Waals surface area contributed by atoms with E-state index in [0.29, 0.717) is 12.0 Å². The predicted octanol–water partition coefficient (Wildman–Crippen LogP) is 3.68. The summed E-state index contributed by atoms with van der Waals surface area (Å²) in [5.74, 6) is 0.666. The topological polar surface area (TPSA) is 15.3 Å². The van der Waals surface area contributed by atoms with Crippen molar-refractivity contribution in [3.63, 3.8) is 0 Å². The molecule has 19 heavy (non-hydrogen) atoms. The Morgan fingerprint density at radius 3 is 2.37 bits per heavy atom. The number of nitrogens with one attached hydrogen (secondary N) is 1. The van der Waals surface area contributed by atoms with Crippen molar-refractivity contribution < 1.29 is 0 Å². The number of nitrogens with zero attached hydrogens (tertiary/aromatic N) is 1. The van der Waals surface area contributed by atoms with Gasteiger partial charge in [-0.15, -0.1) is 0 Å². The van der Waals surface area contributed by atoms with Crippen molar-refractivity contribution >= 4 is 5.69 Å². The fraction of sp³-hybridized carbons (Fsp3) is 0.647. The molecule has 106 valence electrons. The first-order valence-electron chi connectivity index (χ1n) is 7.68. The molecule has 0 amide bonds. The Bertz CT molecular complexity index is 382. The third kappa shape index (κ3) is 2.94. The lowest BCUT2D eigenvalue weighted by molar-refractivity contribution is 0.227. The van der Waals surface area contributed by atoms with Gasteiger partial charge in [0.1, 0.15) is 0 Å². The van der Waals surface area contributed by atoms with Crippen molar-refractivity contribution in [1.29, 1.82) is 0 Å². The average Bonchev–Trinajstić information content (AvgIpc) is 2.47. The molecule has 1 N–H and O–H groups in total. The van der Waals surface area contributed by atoms with Gasteiger partial charge in [-0.05, 0) is 30.9 Å². The van der Waals surface area contributed by atoms with Gasteiger partial charge in [0.05, 0.1) is 0 Å². The number of benzene rings is 1. The summed E-state index contributed by atoms with van der Waals surface area (Å²) in [5.41, 5.74) is 1.65. The van der Waals surface area contributed by atoms with Crippen molar-refractivity contribution in [2.75, 3.05) is 18.0 Å². The van der Waals surface area contributed by atoms with Crippen LogP contribution in [-0.2, 0) is 0 Å². The van der Waals surface area contributed by atoms with Crippen molar-refractivity contribution in [2.45, 2.75) is 52.1 Å². The largest absolute Gasteiger partial charge is 0.365 e. The molecule has 1 aliphatic rings. The zero-order chi connectivity index (χ0) is 13.9. The van der Waals surface area contributed by atoms with Gasteiger partial charge in [-0.25, -0.2) is 0 Å². The smallest absolute Gasteiger partial charge is 0.0438 e.